The van der Waals surface area contributed by atoms with Gasteiger partial charge in [0.05, 0.1) is 11.8 Å². The SMILES string of the molecule is CC(C)CN(C1CC[C@H]2[C@H]3Cc4ccc(OC(=O)CO)c5c4[C@@]2(CCN3CC2CC2)C1O5)S(=O)(=O)Cc1ccccc1. The molecular formula is C33H42N2O6S. The van der Waals surface area contributed by atoms with E-state index >= 15 is 0 Å². The van der Waals surface area contributed by atoms with Crippen molar-refractivity contribution in [3.05, 3.63) is 59.2 Å². The Kier molecular flexibility index (Phi) is 7.16. The minimum absolute atomic E-state index is 0.0461. The molecule has 2 unspecified atom stereocenters. The van der Waals surface area contributed by atoms with E-state index in [4.69, 9.17) is 9.47 Å². The zero-order valence-corrected chi connectivity index (χ0v) is 25.4. The van der Waals surface area contributed by atoms with Crippen molar-refractivity contribution in [3.63, 3.8) is 0 Å². The zero-order chi connectivity index (χ0) is 29.2. The second-order valence-electron chi connectivity index (χ2n) is 13.6. The Morgan fingerprint density at radius 1 is 1.14 bits per heavy atom. The number of aliphatic hydroxyl groups is 1. The van der Waals surface area contributed by atoms with Crippen LogP contribution in [0, 0.1) is 17.8 Å². The maximum Gasteiger partial charge on any atom is 0.337 e. The number of rotatable bonds is 10. The van der Waals surface area contributed by atoms with Crippen molar-refractivity contribution in [2.24, 2.45) is 17.8 Å². The molecule has 226 valence electrons. The lowest BCUT2D eigenvalue weighted by molar-refractivity contribution is -0.137. The van der Waals surface area contributed by atoms with Crippen LogP contribution in [0.4, 0.5) is 0 Å². The summed E-state index contributed by atoms with van der Waals surface area (Å²) in [4.78, 5) is 14.9. The fourth-order valence-corrected chi connectivity index (χ4v) is 10.6. The molecule has 2 aromatic carbocycles. The smallest absolute Gasteiger partial charge is 0.337 e. The zero-order valence-electron chi connectivity index (χ0n) is 24.6. The molecule has 2 aromatic rings. The number of likely N-dealkylation sites (tertiary alicyclic amines) is 1. The average Bonchev–Trinajstić information content (AvgIpc) is 3.71. The molecular weight excluding hydrogens is 552 g/mol. The molecule has 0 amide bonds. The van der Waals surface area contributed by atoms with Crippen molar-refractivity contribution in [1.29, 1.82) is 0 Å². The number of aliphatic hydroxyl groups excluding tert-OH is 1. The number of esters is 1. The van der Waals surface area contributed by atoms with E-state index in [1.54, 1.807) is 10.4 Å². The van der Waals surface area contributed by atoms with Gasteiger partial charge in [0.15, 0.2) is 11.5 Å². The number of carbonyl (C=O) groups is 1. The molecule has 2 aliphatic heterocycles. The average molecular weight is 595 g/mol. The van der Waals surface area contributed by atoms with Crippen LogP contribution in [0.1, 0.15) is 62.6 Å². The van der Waals surface area contributed by atoms with Gasteiger partial charge in [0.25, 0.3) is 0 Å². The first-order valence-electron chi connectivity index (χ1n) is 15.6. The third-order valence-corrected chi connectivity index (χ3v) is 12.2. The molecule has 2 saturated carbocycles. The predicted octanol–water partition coefficient (Wildman–Crippen LogP) is 3.89. The molecule has 5 atom stereocenters. The third kappa shape index (κ3) is 4.68. The van der Waals surface area contributed by atoms with Gasteiger partial charge in [-0.3, -0.25) is 4.90 Å². The summed E-state index contributed by atoms with van der Waals surface area (Å²) in [6.07, 6.45) is 5.76. The highest BCUT2D eigenvalue weighted by Gasteiger charge is 2.67. The van der Waals surface area contributed by atoms with Gasteiger partial charge in [0.1, 0.15) is 12.7 Å². The van der Waals surface area contributed by atoms with Crippen LogP contribution in [0.25, 0.3) is 0 Å². The summed E-state index contributed by atoms with van der Waals surface area (Å²) in [6.45, 7) is 5.95. The van der Waals surface area contributed by atoms with Crippen LogP contribution in [-0.4, -0.2) is 73.1 Å². The number of ether oxygens (including phenoxy) is 2. The van der Waals surface area contributed by atoms with E-state index in [2.05, 4.69) is 24.8 Å². The van der Waals surface area contributed by atoms with Gasteiger partial charge in [-0.15, -0.1) is 0 Å². The lowest BCUT2D eigenvalue weighted by Gasteiger charge is -2.60. The maximum atomic E-state index is 14.2. The lowest BCUT2D eigenvalue weighted by atomic mass is 9.51. The molecule has 1 spiro atoms. The van der Waals surface area contributed by atoms with Crippen LogP contribution in [0.15, 0.2) is 42.5 Å². The number of hydrogen-bond donors (Lipinski definition) is 1. The van der Waals surface area contributed by atoms with Gasteiger partial charge in [-0.1, -0.05) is 50.2 Å². The highest BCUT2D eigenvalue weighted by Crippen LogP contribution is 2.64. The molecule has 1 saturated heterocycles. The van der Waals surface area contributed by atoms with Crippen LogP contribution < -0.4 is 9.47 Å². The van der Waals surface area contributed by atoms with Gasteiger partial charge in [0.2, 0.25) is 10.0 Å². The monoisotopic (exact) mass is 594 g/mol. The fourth-order valence-electron chi connectivity index (χ4n) is 8.66. The van der Waals surface area contributed by atoms with Gasteiger partial charge in [-0.2, -0.15) is 4.31 Å². The number of nitrogens with zero attached hydrogens (tertiary/aromatic N) is 2. The largest absolute Gasteiger partial charge is 0.484 e. The Bertz CT molecular complexity index is 1460. The van der Waals surface area contributed by atoms with Crippen LogP contribution in [0.3, 0.4) is 0 Å². The van der Waals surface area contributed by atoms with Crippen molar-refractivity contribution in [3.8, 4) is 11.5 Å². The standard InChI is InChI=1S/C33H42N2O6S/c1-21(2)17-35(42(38,39)20-23-6-4-3-5-7-23)26-12-11-25-27-16-24-10-13-28(40-29(37)19-36)31-30(24)33(25,32(26)41-31)14-15-34(27)18-22-8-9-22/h3-7,10,13,21-22,25-27,32,36H,8-9,11-12,14-20H2,1-2H3/t25-,26?,27+,32?,33-/m0/s1. The first kappa shape index (κ1) is 28.3. The van der Waals surface area contributed by atoms with Crippen LogP contribution in [-0.2, 0) is 32.4 Å². The van der Waals surface area contributed by atoms with Gasteiger partial charge in [-0.25, -0.2) is 13.2 Å². The van der Waals surface area contributed by atoms with E-state index in [1.807, 2.05) is 30.3 Å². The minimum Gasteiger partial charge on any atom is -0.484 e. The van der Waals surface area contributed by atoms with E-state index in [1.165, 1.54) is 18.4 Å². The summed E-state index contributed by atoms with van der Waals surface area (Å²) in [6, 6.07) is 13.3. The minimum atomic E-state index is -3.66. The molecule has 3 fully saturated rings. The summed E-state index contributed by atoms with van der Waals surface area (Å²) in [7, 11) is -3.66. The molecule has 2 bridgehead atoms. The van der Waals surface area contributed by atoms with Crippen molar-refractivity contribution in [2.75, 3.05) is 26.2 Å². The van der Waals surface area contributed by atoms with E-state index < -0.39 is 22.6 Å². The number of carbonyl (C=O) groups excluding carboxylic acids is 1. The number of benzene rings is 2. The Morgan fingerprint density at radius 2 is 1.93 bits per heavy atom. The van der Waals surface area contributed by atoms with Gasteiger partial charge >= 0.3 is 5.97 Å². The first-order valence-corrected chi connectivity index (χ1v) is 17.2. The summed E-state index contributed by atoms with van der Waals surface area (Å²) >= 11 is 0. The van der Waals surface area contributed by atoms with E-state index in [9.17, 15) is 18.3 Å². The molecule has 0 radical (unpaired) electrons. The van der Waals surface area contributed by atoms with Crippen molar-refractivity contribution in [2.45, 2.75) is 81.7 Å². The summed E-state index contributed by atoms with van der Waals surface area (Å²) < 4.78 is 42.7. The first-order chi connectivity index (χ1) is 20.2. The lowest BCUT2D eigenvalue weighted by Crippen LogP contribution is -2.69. The van der Waals surface area contributed by atoms with Crippen LogP contribution in [0.5, 0.6) is 11.5 Å². The molecule has 9 heteroatoms. The number of hydrogen-bond acceptors (Lipinski definition) is 7. The van der Waals surface area contributed by atoms with Crippen molar-refractivity contribution >= 4 is 16.0 Å². The van der Waals surface area contributed by atoms with Gasteiger partial charge in [-0.05, 0) is 80.0 Å². The normalized spacial score (nSPS) is 29.8. The van der Waals surface area contributed by atoms with Crippen LogP contribution >= 0.6 is 0 Å². The fraction of sp³-hybridized carbons (Fsp3) is 0.606. The summed E-state index contributed by atoms with van der Waals surface area (Å²) in [5, 5.41) is 9.42. The van der Waals surface area contributed by atoms with E-state index in [0.717, 1.165) is 55.8 Å². The molecule has 5 aliphatic rings. The molecule has 0 aromatic heterocycles. The third-order valence-electron chi connectivity index (χ3n) is 10.4. The molecule has 3 aliphatic carbocycles. The topological polar surface area (TPSA) is 96.4 Å². The Hall–Kier alpha value is -2.46. The molecule has 2 heterocycles. The molecule has 42 heavy (non-hydrogen) atoms. The second kappa shape index (κ2) is 10.6. The molecule has 1 N–H and O–H groups in total. The quantitative estimate of drug-likeness (QED) is 0.329. The van der Waals surface area contributed by atoms with Crippen molar-refractivity contribution < 1.29 is 27.8 Å². The Morgan fingerprint density at radius 3 is 2.64 bits per heavy atom. The highest BCUT2D eigenvalue weighted by atomic mass is 32.2. The van der Waals surface area contributed by atoms with Crippen LogP contribution in [0.2, 0.25) is 0 Å². The van der Waals surface area contributed by atoms with E-state index in [-0.39, 0.29) is 29.2 Å². The Balaban J connectivity index is 1.31. The maximum absolute atomic E-state index is 14.2. The van der Waals surface area contributed by atoms with Gasteiger partial charge in [0, 0.05) is 30.1 Å². The predicted molar refractivity (Wildman–Crippen MR) is 159 cm³/mol. The van der Waals surface area contributed by atoms with E-state index in [0.29, 0.717) is 30.0 Å². The Labute approximate surface area is 249 Å². The summed E-state index contributed by atoms with van der Waals surface area (Å²) in [5.41, 5.74) is 2.79. The molecule has 7 rings (SSSR count). The van der Waals surface area contributed by atoms with Gasteiger partial charge < -0.3 is 14.6 Å². The number of sulfonamides is 1. The second-order valence-corrected chi connectivity index (χ2v) is 15.5. The number of piperidine rings is 1. The molecule has 8 nitrogen and oxygen atoms in total. The highest BCUT2D eigenvalue weighted by molar-refractivity contribution is 7.88. The summed E-state index contributed by atoms with van der Waals surface area (Å²) in [5.74, 6) is 1.43. The van der Waals surface area contributed by atoms with Crippen molar-refractivity contribution in [1.82, 2.24) is 9.21 Å².